The number of benzene rings is 2. The van der Waals surface area contributed by atoms with Crippen LogP contribution in [0.5, 0.6) is 23.0 Å². The number of Topliss-reactive ketones (excluding diaryl/α,β-unsaturated/α-hetero) is 1. The molecule has 2 unspecified atom stereocenters. The van der Waals surface area contributed by atoms with Crippen LogP contribution in [0, 0.1) is 5.92 Å². The van der Waals surface area contributed by atoms with Crippen molar-refractivity contribution in [1.29, 1.82) is 0 Å². The van der Waals surface area contributed by atoms with Crippen molar-refractivity contribution in [2.75, 3.05) is 19.9 Å². The summed E-state index contributed by atoms with van der Waals surface area (Å²) < 4.78 is 23.9. The maximum atomic E-state index is 13.7. The summed E-state index contributed by atoms with van der Waals surface area (Å²) >= 11 is 0. The van der Waals surface area contributed by atoms with Crippen molar-refractivity contribution in [3.63, 3.8) is 0 Å². The number of carbonyl (C=O) groups is 2. The summed E-state index contributed by atoms with van der Waals surface area (Å²) in [6.45, 7) is 1.99. The first kappa shape index (κ1) is 21.8. The van der Waals surface area contributed by atoms with Gasteiger partial charge in [-0.2, -0.15) is 0 Å². The van der Waals surface area contributed by atoms with Gasteiger partial charge in [-0.05, 0) is 73.9 Å². The van der Waals surface area contributed by atoms with Crippen molar-refractivity contribution in [2.24, 2.45) is 5.92 Å². The van der Waals surface area contributed by atoms with Crippen LogP contribution in [-0.2, 0) is 32.6 Å². The molecule has 1 spiro atoms. The molecule has 2 saturated carbocycles. The highest BCUT2D eigenvalue weighted by atomic mass is 16.7. The lowest BCUT2D eigenvalue weighted by molar-refractivity contribution is -0.215. The second-order valence-corrected chi connectivity index (χ2v) is 11.5. The Balaban J connectivity index is 1.22. The van der Waals surface area contributed by atoms with Crippen molar-refractivity contribution in [3.8, 4) is 23.0 Å². The van der Waals surface area contributed by atoms with Crippen molar-refractivity contribution in [3.05, 3.63) is 47.0 Å². The number of rotatable bonds is 5. The number of fused-ring (bicyclic) bond motifs is 1. The van der Waals surface area contributed by atoms with Crippen LogP contribution in [0.25, 0.3) is 0 Å². The Morgan fingerprint density at radius 2 is 2.00 bits per heavy atom. The van der Waals surface area contributed by atoms with Gasteiger partial charge in [0, 0.05) is 18.5 Å². The quantitative estimate of drug-likeness (QED) is 0.623. The van der Waals surface area contributed by atoms with E-state index >= 15 is 0 Å². The van der Waals surface area contributed by atoms with Gasteiger partial charge < -0.3 is 24.1 Å². The Morgan fingerprint density at radius 1 is 1.14 bits per heavy atom. The van der Waals surface area contributed by atoms with Gasteiger partial charge in [0.15, 0.2) is 34.9 Å². The zero-order valence-corrected chi connectivity index (χ0v) is 20.5. The summed E-state index contributed by atoms with van der Waals surface area (Å²) in [4.78, 5) is 29.5. The monoisotopic (exact) mass is 503 g/mol. The normalized spacial score (nSPS) is 32.6. The molecule has 2 aromatic rings. The van der Waals surface area contributed by atoms with Crippen LogP contribution < -0.4 is 14.2 Å². The lowest BCUT2D eigenvalue weighted by Crippen LogP contribution is -2.77. The van der Waals surface area contributed by atoms with Crippen LogP contribution in [0.2, 0.25) is 0 Å². The average molecular weight is 504 g/mol. The summed E-state index contributed by atoms with van der Waals surface area (Å²) in [6.07, 6.45) is 3.97. The van der Waals surface area contributed by atoms with E-state index in [1.807, 2.05) is 24.3 Å². The van der Waals surface area contributed by atoms with Crippen LogP contribution in [0.15, 0.2) is 30.3 Å². The molecule has 0 aromatic heterocycles. The molecule has 3 fully saturated rings. The number of phenols is 1. The highest BCUT2D eigenvalue weighted by Gasteiger charge is 2.75. The number of esters is 1. The van der Waals surface area contributed by atoms with E-state index in [0.717, 1.165) is 29.8 Å². The summed E-state index contributed by atoms with van der Waals surface area (Å²) in [6, 6.07) is 9.12. The second-order valence-electron chi connectivity index (χ2n) is 11.5. The van der Waals surface area contributed by atoms with Crippen LogP contribution in [0.1, 0.15) is 48.8 Å². The van der Waals surface area contributed by atoms with E-state index in [1.54, 1.807) is 6.07 Å². The highest BCUT2D eigenvalue weighted by Crippen LogP contribution is 2.66. The maximum Gasteiger partial charge on any atom is 0.310 e. The fourth-order valence-corrected chi connectivity index (χ4v) is 7.90. The summed E-state index contributed by atoms with van der Waals surface area (Å²) in [5, 5.41) is 10.7. The molecular formula is C29H29NO7. The van der Waals surface area contributed by atoms with E-state index in [9.17, 15) is 14.7 Å². The number of ketones is 1. The zero-order chi connectivity index (χ0) is 24.9. The molecule has 2 aromatic carbocycles. The predicted molar refractivity (Wildman–Crippen MR) is 130 cm³/mol. The molecule has 1 N–H and O–H groups in total. The highest BCUT2D eigenvalue weighted by molar-refractivity contribution is 5.90. The first-order valence-corrected chi connectivity index (χ1v) is 13.4. The SMILES string of the molecule is O=C(Cc1ccc2c(c1)OCO2)O[C@@]12CCC(=O)[C@@H]3Oc4c(O)ccc5c4C31CCN(CC1CC1)C2C5. The van der Waals surface area contributed by atoms with E-state index in [4.69, 9.17) is 18.9 Å². The number of aromatic hydroxyl groups is 1. The molecule has 192 valence electrons. The molecule has 3 aliphatic heterocycles. The predicted octanol–water partition coefficient (Wildman–Crippen LogP) is 3.05. The van der Waals surface area contributed by atoms with E-state index in [2.05, 4.69) is 4.90 Å². The Morgan fingerprint density at radius 3 is 2.86 bits per heavy atom. The number of hydrogen-bond acceptors (Lipinski definition) is 8. The third-order valence-electron chi connectivity index (χ3n) is 9.60. The molecule has 3 aliphatic carbocycles. The van der Waals surface area contributed by atoms with Gasteiger partial charge in [0.05, 0.1) is 17.9 Å². The van der Waals surface area contributed by atoms with Gasteiger partial charge >= 0.3 is 5.97 Å². The third kappa shape index (κ3) is 2.87. The summed E-state index contributed by atoms with van der Waals surface area (Å²) in [5.41, 5.74) is 1.11. The zero-order valence-electron chi connectivity index (χ0n) is 20.5. The van der Waals surface area contributed by atoms with Crippen LogP contribution in [0.4, 0.5) is 0 Å². The van der Waals surface area contributed by atoms with Crippen LogP contribution in [0.3, 0.4) is 0 Å². The number of likely N-dealkylation sites (tertiary alicyclic amines) is 1. The fourth-order valence-electron chi connectivity index (χ4n) is 7.90. The first-order valence-electron chi connectivity index (χ1n) is 13.4. The summed E-state index contributed by atoms with van der Waals surface area (Å²) in [5.74, 6) is 2.16. The Bertz CT molecular complexity index is 1350. The second kappa shape index (κ2) is 7.40. The smallest absolute Gasteiger partial charge is 0.310 e. The Labute approximate surface area is 214 Å². The lowest BCUT2D eigenvalue weighted by atomic mass is 9.48. The van der Waals surface area contributed by atoms with E-state index in [-0.39, 0.29) is 36.8 Å². The number of phenolic OH excluding ortho intramolecular Hbond substituents is 1. The van der Waals surface area contributed by atoms with Crippen molar-refractivity contribution in [1.82, 2.24) is 4.90 Å². The molecule has 6 aliphatic rings. The van der Waals surface area contributed by atoms with Gasteiger partial charge in [0.25, 0.3) is 0 Å². The Kier molecular flexibility index (Phi) is 4.36. The molecular weight excluding hydrogens is 474 g/mol. The van der Waals surface area contributed by atoms with Gasteiger partial charge in [-0.15, -0.1) is 0 Å². The van der Waals surface area contributed by atoms with Crippen LogP contribution >= 0.6 is 0 Å². The minimum absolute atomic E-state index is 0.0280. The Hall–Kier alpha value is -3.26. The molecule has 1 saturated heterocycles. The molecule has 0 amide bonds. The van der Waals surface area contributed by atoms with Crippen LogP contribution in [-0.4, -0.2) is 59.4 Å². The van der Waals surface area contributed by atoms with E-state index in [0.29, 0.717) is 48.8 Å². The van der Waals surface area contributed by atoms with Crippen molar-refractivity contribution < 1.29 is 33.6 Å². The van der Waals surface area contributed by atoms with Gasteiger partial charge in [-0.25, -0.2) is 0 Å². The number of ether oxygens (including phenoxy) is 4. The number of hydrogen-bond donors (Lipinski definition) is 1. The van der Waals surface area contributed by atoms with Gasteiger partial charge in [-0.1, -0.05) is 12.1 Å². The fraction of sp³-hybridized carbons (Fsp3) is 0.517. The van der Waals surface area contributed by atoms with Gasteiger partial charge in [-0.3, -0.25) is 14.5 Å². The molecule has 2 bridgehead atoms. The van der Waals surface area contributed by atoms with Gasteiger partial charge in [0.2, 0.25) is 6.79 Å². The minimum atomic E-state index is -0.891. The van der Waals surface area contributed by atoms with Crippen molar-refractivity contribution >= 4 is 11.8 Å². The molecule has 37 heavy (non-hydrogen) atoms. The van der Waals surface area contributed by atoms with Gasteiger partial charge in [0.1, 0.15) is 5.60 Å². The third-order valence-corrected chi connectivity index (χ3v) is 9.60. The lowest BCUT2D eigenvalue weighted by Gasteiger charge is -2.63. The first-order chi connectivity index (χ1) is 18.0. The van der Waals surface area contributed by atoms with Crippen molar-refractivity contribution in [2.45, 2.75) is 68.1 Å². The molecule has 0 radical (unpaired) electrons. The molecule has 4 atom stereocenters. The molecule has 8 rings (SSSR count). The number of nitrogens with zero attached hydrogens (tertiary/aromatic N) is 1. The molecule has 8 nitrogen and oxygen atoms in total. The summed E-state index contributed by atoms with van der Waals surface area (Å²) in [7, 11) is 0. The van der Waals surface area contributed by atoms with E-state index in [1.165, 1.54) is 12.8 Å². The average Bonchev–Trinajstić information content (AvgIpc) is 3.44. The number of carbonyl (C=O) groups excluding carboxylic acids is 2. The molecule has 3 heterocycles. The standard InChI is InChI=1S/C29H29NO7/c31-19-5-4-18-13-23-29(37-24(33)12-17-3-6-21-22(11-17)35-15-34-21)8-7-20(32)27-28(29,25(18)26(19)36-27)9-10-30(23)14-16-1-2-16/h3-6,11,16,23,27,31H,1-2,7-10,12-15H2/t23?,27-,28?,29+/m0/s1. The maximum absolute atomic E-state index is 13.7. The van der Waals surface area contributed by atoms with E-state index < -0.39 is 17.1 Å². The molecule has 8 heteroatoms. The number of piperidine rings is 1. The largest absolute Gasteiger partial charge is 0.504 e. The topological polar surface area (TPSA) is 94.5 Å². The minimum Gasteiger partial charge on any atom is -0.504 e.